The summed E-state index contributed by atoms with van der Waals surface area (Å²) in [5, 5.41) is 0. The quantitative estimate of drug-likeness (QED) is 0.284. The van der Waals surface area contributed by atoms with Crippen LogP contribution in [0.2, 0.25) is 0 Å². The molecule has 0 amide bonds. The standard InChI is InChI=1S/Ba.3O.H4Si.Sr.Ti.W.4H/h;;;;1H4;;;;;;;/q;3*-2;;;;+6;;;;. The van der Waals surface area contributed by atoms with E-state index in [9.17, 15) is 0 Å². The van der Waals surface area contributed by atoms with E-state index in [0.29, 0.717) is 0 Å². The summed E-state index contributed by atoms with van der Waals surface area (Å²) in [6.07, 6.45) is 0. The van der Waals surface area contributed by atoms with Gasteiger partial charge in [0.2, 0.25) is 0 Å². The molecule has 8 heavy (non-hydrogen) atoms. The second-order valence-electron chi connectivity index (χ2n) is 0. The zero-order valence-corrected chi connectivity index (χ0v) is 6.63. The van der Waals surface area contributed by atoms with Crippen molar-refractivity contribution in [3.63, 3.8) is 0 Å². The van der Waals surface area contributed by atoms with Crippen molar-refractivity contribution < 1.29 is 59.2 Å². The maximum absolute atomic E-state index is 0. The largest absolute Gasteiger partial charge is 6.00 e. The average Bonchev–Trinajstić information content (AvgIpc) is 0. The van der Waals surface area contributed by atoms with E-state index in [4.69, 9.17) is 0 Å². The van der Waals surface area contributed by atoms with Crippen molar-refractivity contribution >= 4 is 105 Å². The maximum Gasteiger partial charge on any atom is 6.00 e. The zero-order valence-electron chi connectivity index (χ0n) is 2.13. The first kappa shape index (κ1) is 80.8. The first-order valence-corrected chi connectivity index (χ1v) is 0. The summed E-state index contributed by atoms with van der Waals surface area (Å²) in [6, 6.07) is 0. The molecule has 0 aromatic carbocycles. The van der Waals surface area contributed by atoms with E-state index in [1.807, 2.05) is 0 Å². The molecule has 0 aromatic rings. The Morgan fingerprint density at radius 1 is 0.750 bits per heavy atom. The minimum atomic E-state index is 0. The first-order valence-electron chi connectivity index (χ1n) is 0. The molecule has 3 nitrogen and oxygen atoms in total. The monoisotopic (exact) mass is 542 g/mol. The zero-order chi connectivity index (χ0) is 0. The van der Waals surface area contributed by atoms with Gasteiger partial charge in [-0.2, -0.15) is 0 Å². The van der Waals surface area contributed by atoms with Crippen LogP contribution in [-0.4, -0.2) is 105 Å². The van der Waals surface area contributed by atoms with Crippen LogP contribution >= 0.6 is 0 Å². The molecular formula is H8BaO3SiSrTiW. The average molecular weight is 541 g/mol. The number of hydrogen-bond donors (Lipinski definition) is 0. The van der Waals surface area contributed by atoms with E-state index in [1.165, 1.54) is 0 Å². The summed E-state index contributed by atoms with van der Waals surface area (Å²) in [4.78, 5) is 0. The molecule has 44 valence electrons. The van der Waals surface area contributed by atoms with Crippen molar-refractivity contribution in [1.82, 2.24) is 0 Å². The van der Waals surface area contributed by atoms with Gasteiger partial charge in [-0.25, -0.2) is 0 Å². The second kappa shape index (κ2) is 62.1. The molecule has 0 aliphatic carbocycles. The van der Waals surface area contributed by atoms with E-state index in [1.54, 1.807) is 0 Å². The molecule has 0 aliphatic heterocycles. The Labute approximate surface area is 160 Å². The number of hydrogen-bond acceptors (Lipinski definition) is 0. The van der Waals surface area contributed by atoms with Gasteiger partial charge in [0.25, 0.3) is 0 Å². The Hall–Kier alpha value is 4.55. The van der Waals surface area contributed by atoms with Crippen LogP contribution in [0.25, 0.3) is 0 Å². The fourth-order valence-electron chi connectivity index (χ4n) is 0. The maximum atomic E-state index is 0. The molecule has 0 aromatic heterocycles. The van der Waals surface area contributed by atoms with Crippen LogP contribution in [0.15, 0.2) is 0 Å². The van der Waals surface area contributed by atoms with Crippen LogP contribution < -0.4 is 0 Å². The third kappa shape index (κ3) is 46.5. The van der Waals surface area contributed by atoms with Crippen molar-refractivity contribution in [2.24, 2.45) is 0 Å². The molecular weight excluding hydrogens is 533 g/mol. The summed E-state index contributed by atoms with van der Waals surface area (Å²) in [5.41, 5.74) is 0. The Bertz CT molecular complexity index is 19.2. The molecule has 0 aliphatic rings. The summed E-state index contributed by atoms with van der Waals surface area (Å²) < 4.78 is 0. The summed E-state index contributed by atoms with van der Waals surface area (Å²) in [7, 11) is 0. The first-order chi connectivity index (χ1) is 0. The SMILES string of the molecule is [BaH2].[O-2].[O-2].[O-2].[SiH4].[SrH2].[Ti].[W+6]. The molecule has 0 rings (SSSR count). The summed E-state index contributed by atoms with van der Waals surface area (Å²) in [5.74, 6) is 0. The van der Waals surface area contributed by atoms with Gasteiger partial charge in [-0.1, -0.05) is 0 Å². The molecule has 8 heteroatoms. The van der Waals surface area contributed by atoms with E-state index in [0.717, 1.165) is 0 Å². The van der Waals surface area contributed by atoms with Gasteiger partial charge in [-0.3, -0.25) is 0 Å². The Balaban J connectivity index is 0. The molecule has 0 radical (unpaired) electrons. The van der Waals surface area contributed by atoms with E-state index >= 15 is 0 Å². The minimum Gasteiger partial charge on any atom is 0 e. The van der Waals surface area contributed by atoms with Crippen LogP contribution in [0, 0.1) is 0 Å². The van der Waals surface area contributed by atoms with Crippen molar-refractivity contribution in [2.75, 3.05) is 0 Å². The Kier molecular flexibility index (Phi) is 627. The van der Waals surface area contributed by atoms with E-state index in [-0.39, 0.29) is 165 Å². The van der Waals surface area contributed by atoms with Crippen molar-refractivity contribution in [1.29, 1.82) is 0 Å². The van der Waals surface area contributed by atoms with Crippen LogP contribution in [0.5, 0.6) is 0 Å². The molecule has 0 atom stereocenters. The van der Waals surface area contributed by atoms with Crippen LogP contribution in [0.3, 0.4) is 0 Å². The Morgan fingerprint density at radius 3 is 0.750 bits per heavy atom. The third-order valence-electron chi connectivity index (χ3n) is 0. The minimum absolute atomic E-state index is 0. The third-order valence-corrected chi connectivity index (χ3v) is 0. The molecule has 0 unspecified atom stereocenters. The summed E-state index contributed by atoms with van der Waals surface area (Å²) in [6.45, 7) is 0. The van der Waals surface area contributed by atoms with Crippen molar-refractivity contribution in [3.8, 4) is 0 Å². The van der Waals surface area contributed by atoms with Gasteiger partial charge >= 0.3 is 115 Å². The van der Waals surface area contributed by atoms with Crippen molar-refractivity contribution in [3.05, 3.63) is 0 Å². The normalized spacial score (nSPS) is 0. The predicted octanol–water partition coefficient (Wildman–Crippen LogP) is -3.65. The van der Waals surface area contributed by atoms with E-state index in [2.05, 4.69) is 0 Å². The summed E-state index contributed by atoms with van der Waals surface area (Å²) >= 11 is 0. The fourth-order valence-corrected chi connectivity index (χ4v) is 0. The van der Waals surface area contributed by atoms with Crippen LogP contribution in [-0.2, 0) is 59.2 Å². The molecule has 0 heterocycles. The molecule has 0 fully saturated rings. The van der Waals surface area contributed by atoms with Gasteiger partial charge in [0, 0.05) is 21.7 Å². The number of rotatable bonds is 0. The second-order valence-corrected chi connectivity index (χ2v) is 0. The smallest absolute Gasteiger partial charge is 0 e. The van der Waals surface area contributed by atoms with Gasteiger partial charge in [0.15, 0.2) is 0 Å². The molecule has 0 saturated heterocycles. The Morgan fingerprint density at radius 2 is 0.750 bits per heavy atom. The topological polar surface area (TPSA) is 85.5 Å². The van der Waals surface area contributed by atoms with Crippen LogP contribution in [0.4, 0.5) is 0 Å². The van der Waals surface area contributed by atoms with Gasteiger partial charge in [-0.15, -0.1) is 0 Å². The molecule has 0 saturated carbocycles. The van der Waals surface area contributed by atoms with Gasteiger partial charge < -0.3 is 16.4 Å². The van der Waals surface area contributed by atoms with Gasteiger partial charge in [-0.05, 0) is 11.0 Å². The van der Waals surface area contributed by atoms with Gasteiger partial charge in [0.05, 0.1) is 0 Å². The van der Waals surface area contributed by atoms with Crippen molar-refractivity contribution in [2.45, 2.75) is 0 Å². The molecule has 0 N–H and O–H groups in total. The molecule has 0 bridgehead atoms. The molecule has 0 spiro atoms. The van der Waals surface area contributed by atoms with Gasteiger partial charge in [0.1, 0.15) is 0 Å². The fraction of sp³-hybridized carbons (Fsp3) is 0. The van der Waals surface area contributed by atoms with Crippen LogP contribution in [0.1, 0.15) is 0 Å². The predicted molar refractivity (Wildman–Crippen MR) is 30.5 cm³/mol. The van der Waals surface area contributed by atoms with E-state index < -0.39 is 0 Å².